The molecule has 1 atom stereocenters. The average molecular weight is 242 g/mol. The molecule has 1 aliphatic rings. The Hall–Kier alpha value is -1.10. The molecule has 0 spiro atoms. The number of carboxylic acid groups (broad SMARTS) is 1. The Morgan fingerprint density at radius 2 is 1.94 bits per heavy atom. The molecule has 0 aromatic rings. The van der Waals surface area contributed by atoms with Gasteiger partial charge in [0.2, 0.25) is 5.91 Å². The van der Waals surface area contributed by atoms with Gasteiger partial charge in [-0.1, -0.05) is 13.8 Å². The van der Waals surface area contributed by atoms with Gasteiger partial charge in [0.05, 0.1) is 12.6 Å². The number of aliphatic carboxylic acids is 1. The van der Waals surface area contributed by atoms with E-state index < -0.39 is 5.97 Å². The van der Waals surface area contributed by atoms with E-state index in [4.69, 9.17) is 5.11 Å². The van der Waals surface area contributed by atoms with Crippen LogP contribution in [0.1, 0.15) is 33.6 Å². The summed E-state index contributed by atoms with van der Waals surface area (Å²) in [5.74, 6) is -0.614. The molecule has 5 nitrogen and oxygen atoms in total. The molecule has 5 heteroatoms. The van der Waals surface area contributed by atoms with Crippen LogP contribution in [-0.2, 0) is 9.59 Å². The molecule has 98 valence electrons. The van der Waals surface area contributed by atoms with E-state index in [1.807, 2.05) is 13.8 Å². The van der Waals surface area contributed by atoms with Crippen molar-refractivity contribution in [3.05, 3.63) is 0 Å². The van der Waals surface area contributed by atoms with Crippen LogP contribution in [0.4, 0.5) is 0 Å². The molecule has 0 bridgehead atoms. The minimum atomic E-state index is -0.892. The second kappa shape index (κ2) is 6.00. The summed E-state index contributed by atoms with van der Waals surface area (Å²) in [5, 5.41) is 11.8. The van der Waals surface area contributed by atoms with Crippen LogP contribution < -0.4 is 5.32 Å². The van der Waals surface area contributed by atoms with E-state index in [0.29, 0.717) is 18.5 Å². The SMILES string of the molecule is CC(C)CN(CC(=O)O)[C@@H](C)C(=O)NC1CC1. The minimum absolute atomic E-state index is 0.0607. The fourth-order valence-electron chi connectivity index (χ4n) is 1.72. The maximum absolute atomic E-state index is 11.9. The van der Waals surface area contributed by atoms with E-state index in [1.54, 1.807) is 11.8 Å². The first-order chi connectivity index (χ1) is 7.90. The monoisotopic (exact) mass is 242 g/mol. The molecule has 0 unspecified atom stereocenters. The zero-order chi connectivity index (χ0) is 13.0. The number of hydrogen-bond donors (Lipinski definition) is 2. The standard InChI is InChI=1S/C12H22N2O3/c1-8(2)6-14(7-11(15)16)9(3)12(17)13-10-4-5-10/h8-10H,4-7H2,1-3H3,(H,13,17)(H,15,16)/t9-/m0/s1. The van der Waals surface area contributed by atoms with Gasteiger partial charge >= 0.3 is 5.97 Å². The summed E-state index contributed by atoms with van der Waals surface area (Å²) >= 11 is 0. The lowest BCUT2D eigenvalue weighted by Gasteiger charge is -2.28. The number of carbonyl (C=O) groups is 2. The van der Waals surface area contributed by atoms with Crippen molar-refractivity contribution in [2.24, 2.45) is 5.92 Å². The van der Waals surface area contributed by atoms with Gasteiger partial charge in [0, 0.05) is 12.6 Å². The maximum Gasteiger partial charge on any atom is 0.317 e. The van der Waals surface area contributed by atoms with Crippen LogP contribution in [-0.4, -0.2) is 47.1 Å². The molecule has 1 rings (SSSR count). The zero-order valence-electron chi connectivity index (χ0n) is 10.8. The van der Waals surface area contributed by atoms with E-state index in [1.165, 1.54) is 0 Å². The van der Waals surface area contributed by atoms with Gasteiger partial charge in [-0.25, -0.2) is 0 Å². The van der Waals surface area contributed by atoms with Crippen LogP contribution in [0.5, 0.6) is 0 Å². The molecule has 0 radical (unpaired) electrons. The van der Waals surface area contributed by atoms with Crippen molar-refractivity contribution in [3.8, 4) is 0 Å². The van der Waals surface area contributed by atoms with Crippen molar-refractivity contribution in [3.63, 3.8) is 0 Å². The van der Waals surface area contributed by atoms with Gasteiger partial charge in [-0.3, -0.25) is 14.5 Å². The number of rotatable bonds is 7. The molecule has 1 amide bonds. The van der Waals surface area contributed by atoms with Crippen LogP contribution in [0.2, 0.25) is 0 Å². The third-order valence-electron chi connectivity index (χ3n) is 2.79. The summed E-state index contributed by atoms with van der Waals surface area (Å²) in [6, 6.07) is -0.0650. The molecule has 0 saturated heterocycles. The smallest absolute Gasteiger partial charge is 0.317 e. The van der Waals surface area contributed by atoms with Crippen LogP contribution in [0, 0.1) is 5.92 Å². The predicted octanol–water partition coefficient (Wildman–Crippen LogP) is 0.696. The number of amides is 1. The van der Waals surface area contributed by atoms with Crippen molar-refractivity contribution in [2.45, 2.75) is 45.7 Å². The summed E-state index contributed by atoms with van der Waals surface area (Å²) in [6.07, 6.45) is 2.09. The minimum Gasteiger partial charge on any atom is -0.480 e. The highest BCUT2D eigenvalue weighted by Gasteiger charge is 2.29. The van der Waals surface area contributed by atoms with E-state index in [2.05, 4.69) is 5.32 Å². The molecule has 17 heavy (non-hydrogen) atoms. The first-order valence-corrected chi connectivity index (χ1v) is 6.16. The summed E-state index contributed by atoms with van der Waals surface area (Å²) < 4.78 is 0. The second-order valence-electron chi connectivity index (χ2n) is 5.18. The van der Waals surface area contributed by atoms with Crippen molar-refractivity contribution in [1.29, 1.82) is 0 Å². The van der Waals surface area contributed by atoms with E-state index in [0.717, 1.165) is 12.8 Å². The third-order valence-corrected chi connectivity index (χ3v) is 2.79. The van der Waals surface area contributed by atoms with Gasteiger partial charge < -0.3 is 10.4 Å². The van der Waals surface area contributed by atoms with Gasteiger partial charge in [-0.15, -0.1) is 0 Å². The molecule has 2 N–H and O–H groups in total. The lowest BCUT2D eigenvalue weighted by atomic mass is 10.1. The summed E-state index contributed by atoms with van der Waals surface area (Å²) in [5.41, 5.74) is 0. The topological polar surface area (TPSA) is 69.6 Å². The normalized spacial score (nSPS) is 17.2. The van der Waals surface area contributed by atoms with Gasteiger partial charge in [0.1, 0.15) is 0 Å². The first-order valence-electron chi connectivity index (χ1n) is 6.16. The van der Waals surface area contributed by atoms with Crippen LogP contribution in [0.15, 0.2) is 0 Å². The summed E-state index contributed by atoms with van der Waals surface area (Å²) in [4.78, 5) is 24.3. The highest BCUT2D eigenvalue weighted by Crippen LogP contribution is 2.19. The molecule has 0 heterocycles. The Bertz CT molecular complexity index is 287. The zero-order valence-corrected chi connectivity index (χ0v) is 10.8. The van der Waals surface area contributed by atoms with Crippen molar-refractivity contribution in [1.82, 2.24) is 10.2 Å². The average Bonchev–Trinajstić information content (AvgIpc) is 2.97. The first kappa shape index (κ1) is 14.0. The molecular weight excluding hydrogens is 220 g/mol. The lowest BCUT2D eigenvalue weighted by molar-refractivity contribution is -0.140. The third kappa shape index (κ3) is 5.17. The Morgan fingerprint density at radius 3 is 2.35 bits per heavy atom. The fraction of sp³-hybridized carbons (Fsp3) is 0.833. The van der Waals surface area contributed by atoms with Crippen molar-refractivity contribution in [2.75, 3.05) is 13.1 Å². The van der Waals surface area contributed by atoms with Gasteiger partial charge in [-0.05, 0) is 25.7 Å². The van der Waals surface area contributed by atoms with Gasteiger partial charge in [0.15, 0.2) is 0 Å². The van der Waals surface area contributed by atoms with Gasteiger partial charge in [-0.2, -0.15) is 0 Å². The highest BCUT2D eigenvalue weighted by molar-refractivity contribution is 5.82. The summed E-state index contributed by atoms with van der Waals surface area (Å²) in [7, 11) is 0. The van der Waals surface area contributed by atoms with Crippen molar-refractivity contribution < 1.29 is 14.7 Å². The quantitative estimate of drug-likeness (QED) is 0.689. The molecule has 1 fully saturated rings. The maximum atomic E-state index is 11.9. The molecule has 1 saturated carbocycles. The molecule has 0 aromatic heterocycles. The molecule has 0 aliphatic heterocycles. The number of carbonyl (C=O) groups excluding carboxylic acids is 1. The van der Waals surface area contributed by atoms with E-state index in [-0.39, 0.29) is 18.5 Å². The Kier molecular flexibility index (Phi) is 4.93. The second-order valence-corrected chi connectivity index (χ2v) is 5.18. The number of nitrogens with zero attached hydrogens (tertiary/aromatic N) is 1. The number of carboxylic acids is 1. The van der Waals surface area contributed by atoms with Crippen molar-refractivity contribution >= 4 is 11.9 Å². The fourth-order valence-corrected chi connectivity index (χ4v) is 1.72. The van der Waals surface area contributed by atoms with E-state index >= 15 is 0 Å². The van der Waals surface area contributed by atoms with Crippen LogP contribution >= 0.6 is 0 Å². The van der Waals surface area contributed by atoms with Gasteiger partial charge in [0.25, 0.3) is 0 Å². The highest BCUT2D eigenvalue weighted by atomic mass is 16.4. The Morgan fingerprint density at radius 1 is 1.35 bits per heavy atom. The van der Waals surface area contributed by atoms with E-state index in [9.17, 15) is 9.59 Å². The molecule has 1 aliphatic carbocycles. The van der Waals surface area contributed by atoms with Crippen LogP contribution in [0.25, 0.3) is 0 Å². The largest absolute Gasteiger partial charge is 0.480 e. The Labute approximate surface area is 102 Å². The summed E-state index contributed by atoms with van der Waals surface area (Å²) in [6.45, 7) is 6.33. The number of nitrogens with one attached hydrogen (secondary N) is 1. The van der Waals surface area contributed by atoms with Crippen LogP contribution in [0.3, 0.4) is 0 Å². The molecular formula is C12H22N2O3. The predicted molar refractivity (Wildman–Crippen MR) is 64.7 cm³/mol. The Balaban J connectivity index is 2.52. The number of hydrogen-bond acceptors (Lipinski definition) is 3. The lowest BCUT2D eigenvalue weighted by Crippen LogP contribution is -2.48. The molecule has 0 aromatic carbocycles.